The molecule has 0 aromatic heterocycles. The molecule has 0 radical (unpaired) electrons. The fourth-order valence-corrected chi connectivity index (χ4v) is 5.59. The summed E-state index contributed by atoms with van der Waals surface area (Å²) in [4.78, 5) is 0. The molecule has 4 rings (SSSR count). The van der Waals surface area contributed by atoms with Crippen LogP contribution in [0.1, 0.15) is 57.1 Å². The van der Waals surface area contributed by atoms with E-state index in [2.05, 4.69) is 6.58 Å². The Morgan fingerprint density at radius 3 is 2.53 bits per heavy atom. The summed E-state index contributed by atoms with van der Waals surface area (Å²) in [5.74, 6) is -15.9. The van der Waals surface area contributed by atoms with E-state index >= 15 is 26.3 Å². The summed E-state index contributed by atoms with van der Waals surface area (Å²) in [5.41, 5.74) is -2.39. The zero-order chi connectivity index (χ0) is 24.9. The van der Waals surface area contributed by atoms with Gasteiger partial charge in [0.15, 0.2) is 11.6 Å². The second-order valence-electron chi connectivity index (χ2n) is 9.44. The van der Waals surface area contributed by atoms with Crippen molar-refractivity contribution in [1.29, 1.82) is 0 Å². The first-order valence-corrected chi connectivity index (χ1v) is 11.6. The standard InChI is InChI=1S/C27H28F6O/c1-4-6-7-16-8-10-17(11-9-16)18-14-15-25(3)19-12-13-20(34-5-2)23(29)21(19)26(30,31)27(32,33)24(25)22(18)28/h4,8,12-15,17,24H,1,5-7,9-11H2,2-3H3. The Hall–Kier alpha value is -2.44. The SMILES string of the molecule is C=CCCC1=CCC(C2=C(F)C3C(C)(C=C2)c2ccc(OCC)c(F)c2C(F)(F)C3(F)F)CC1. The molecule has 3 atom stereocenters. The van der Waals surface area contributed by atoms with Gasteiger partial charge in [-0.05, 0) is 62.1 Å². The van der Waals surface area contributed by atoms with Gasteiger partial charge in [0.1, 0.15) is 5.83 Å². The van der Waals surface area contributed by atoms with Crippen LogP contribution in [0.5, 0.6) is 5.75 Å². The molecule has 0 amide bonds. The fraction of sp³-hybridized carbons (Fsp3) is 0.481. The minimum atomic E-state index is -4.92. The van der Waals surface area contributed by atoms with Crippen LogP contribution in [0.3, 0.4) is 0 Å². The van der Waals surface area contributed by atoms with Crippen molar-refractivity contribution in [3.63, 3.8) is 0 Å². The molecule has 7 heteroatoms. The molecule has 0 spiro atoms. The Morgan fingerprint density at radius 1 is 1.18 bits per heavy atom. The highest BCUT2D eigenvalue weighted by Gasteiger charge is 2.73. The first kappa shape index (κ1) is 24.7. The number of halogens is 6. The first-order valence-electron chi connectivity index (χ1n) is 11.6. The number of rotatable bonds is 6. The van der Waals surface area contributed by atoms with E-state index in [0.717, 1.165) is 25.0 Å². The lowest BCUT2D eigenvalue weighted by molar-refractivity contribution is -0.258. The van der Waals surface area contributed by atoms with Crippen molar-refractivity contribution in [2.75, 3.05) is 6.61 Å². The smallest absolute Gasteiger partial charge is 0.339 e. The van der Waals surface area contributed by atoms with E-state index in [-0.39, 0.29) is 23.7 Å². The number of ether oxygens (including phenoxy) is 1. The third kappa shape index (κ3) is 3.54. The van der Waals surface area contributed by atoms with Gasteiger partial charge < -0.3 is 4.74 Å². The summed E-state index contributed by atoms with van der Waals surface area (Å²) in [7, 11) is 0. The summed E-state index contributed by atoms with van der Waals surface area (Å²) < 4.78 is 97.2. The third-order valence-electron chi connectivity index (χ3n) is 7.43. The molecule has 3 aliphatic carbocycles. The van der Waals surface area contributed by atoms with E-state index < -0.39 is 46.1 Å². The lowest BCUT2D eigenvalue weighted by Crippen LogP contribution is -2.58. The molecule has 0 saturated carbocycles. The van der Waals surface area contributed by atoms with Crippen molar-refractivity contribution >= 4 is 0 Å². The molecule has 0 N–H and O–H groups in total. The predicted molar refractivity (Wildman–Crippen MR) is 119 cm³/mol. The molecule has 0 saturated heterocycles. The molecule has 1 aromatic carbocycles. The molecular weight excluding hydrogens is 454 g/mol. The highest BCUT2D eigenvalue weighted by atomic mass is 19.3. The van der Waals surface area contributed by atoms with Gasteiger partial charge in [-0.3, -0.25) is 0 Å². The molecule has 3 aliphatic rings. The maximum atomic E-state index is 15.8. The van der Waals surface area contributed by atoms with E-state index in [1.807, 2.05) is 12.2 Å². The Balaban J connectivity index is 1.79. The maximum absolute atomic E-state index is 15.8. The molecule has 1 nitrogen and oxygen atoms in total. The highest BCUT2D eigenvalue weighted by molar-refractivity contribution is 5.55. The van der Waals surface area contributed by atoms with Crippen LogP contribution in [0, 0.1) is 17.7 Å². The van der Waals surface area contributed by atoms with E-state index in [1.54, 1.807) is 0 Å². The molecule has 184 valence electrons. The van der Waals surface area contributed by atoms with Gasteiger partial charge in [0, 0.05) is 5.41 Å². The molecule has 34 heavy (non-hydrogen) atoms. The monoisotopic (exact) mass is 482 g/mol. The van der Waals surface area contributed by atoms with Crippen molar-refractivity contribution < 1.29 is 31.1 Å². The summed E-state index contributed by atoms with van der Waals surface area (Å²) in [6, 6.07) is 2.29. The quantitative estimate of drug-likeness (QED) is 0.293. The second kappa shape index (κ2) is 8.65. The summed E-state index contributed by atoms with van der Waals surface area (Å²) in [6.45, 7) is 6.46. The van der Waals surface area contributed by atoms with Crippen molar-refractivity contribution in [3.05, 3.63) is 76.9 Å². The molecule has 0 aliphatic heterocycles. The van der Waals surface area contributed by atoms with Crippen molar-refractivity contribution in [2.24, 2.45) is 11.8 Å². The van der Waals surface area contributed by atoms with Crippen LogP contribution in [-0.4, -0.2) is 12.5 Å². The maximum Gasteiger partial charge on any atom is 0.339 e. The highest BCUT2D eigenvalue weighted by Crippen LogP contribution is 2.64. The van der Waals surface area contributed by atoms with Crippen molar-refractivity contribution in [1.82, 2.24) is 0 Å². The third-order valence-corrected chi connectivity index (χ3v) is 7.43. The minimum absolute atomic E-state index is 0.0245. The fourth-order valence-electron chi connectivity index (χ4n) is 5.59. The van der Waals surface area contributed by atoms with Crippen LogP contribution in [-0.2, 0) is 11.3 Å². The number of alkyl halides is 4. The van der Waals surface area contributed by atoms with E-state index in [9.17, 15) is 0 Å². The topological polar surface area (TPSA) is 9.23 Å². The van der Waals surface area contributed by atoms with Gasteiger partial charge in [-0.2, -0.15) is 17.6 Å². The number of benzene rings is 1. The van der Waals surface area contributed by atoms with Gasteiger partial charge in [0.05, 0.1) is 18.1 Å². The van der Waals surface area contributed by atoms with Crippen molar-refractivity contribution in [2.45, 2.75) is 63.2 Å². The Bertz CT molecular complexity index is 1080. The second-order valence-corrected chi connectivity index (χ2v) is 9.44. The summed E-state index contributed by atoms with van der Waals surface area (Å²) in [6.07, 6.45) is 9.90. The normalized spacial score (nSPS) is 29.2. The van der Waals surface area contributed by atoms with Gasteiger partial charge in [-0.15, -0.1) is 6.58 Å². The molecule has 0 bridgehead atoms. The Labute approximate surface area is 195 Å². The minimum Gasteiger partial charge on any atom is -0.491 e. The first-order chi connectivity index (χ1) is 16.0. The number of allylic oxidation sites excluding steroid dienone is 7. The van der Waals surface area contributed by atoms with Gasteiger partial charge in [0.2, 0.25) is 0 Å². The van der Waals surface area contributed by atoms with Crippen LogP contribution in [0.4, 0.5) is 26.3 Å². The average Bonchev–Trinajstić information content (AvgIpc) is 2.78. The number of hydrogen-bond acceptors (Lipinski definition) is 1. The van der Waals surface area contributed by atoms with Gasteiger partial charge >= 0.3 is 11.8 Å². The van der Waals surface area contributed by atoms with Crippen LogP contribution < -0.4 is 4.74 Å². The zero-order valence-electron chi connectivity index (χ0n) is 19.2. The molecule has 3 unspecified atom stereocenters. The van der Waals surface area contributed by atoms with Crippen LogP contribution in [0.2, 0.25) is 0 Å². The van der Waals surface area contributed by atoms with E-state index in [1.165, 1.54) is 31.6 Å². The number of fused-ring (bicyclic) bond motifs is 3. The van der Waals surface area contributed by atoms with Crippen molar-refractivity contribution in [3.8, 4) is 5.75 Å². The van der Waals surface area contributed by atoms with Crippen LogP contribution >= 0.6 is 0 Å². The van der Waals surface area contributed by atoms with Gasteiger partial charge in [0.25, 0.3) is 0 Å². The van der Waals surface area contributed by atoms with Crippen LogP contribution in [0.15, 0.2) is 60.0 Å². The molecule has 0 heterocycles. The lowest BCUT2D eigenvalue weighted by atomic mass is 9.58. The van der Waals surface area contributed by atoms with Gasteiger partial charge in [-0.1, -0.05) is 42.9 Å². The largest absolute Gasteiger partial charge is 0.491 e. The average molecular weight is 483 g/mol. The van der Waals surface area contributed by atoms with Crippen LogP contribution in [0.25, 0.3) is 0 Å². The lowest BCUT2D eigenvalue weighted by Gasteiger charge is -2.50. The van der Waals surface area contributed by atoms with Gasteiger partial charge in [-0.25, -0.2) is 8.78 Å². The predicted octanol–water partition coefficient (Wildman–Crippen LogP) is 8.33. The Morgan fingerprint density at radius 2 is 1.91 bits per heavy atom. The molecule has 1 aromatic rings. The summed E-state index contributed by atoms with van der Waals surface area (Å²) in [5, 5.41) is 0. The van der Waals surface area contributed by atoms with E-state index in [4.69, 9.17) is 4.74 Å². The Kier molecular flexibility index (Phi) is 6.28. The van der Waals surface area contributed by atoms with E-state index in [0.29, 0.717) is 19.3 Å². The summed E-state index contributed by atoms with van der Waals surface area (Å²) >= 11 is 0. The molecule has 0 fully saturated rings. The number of hydrogen-bond donors (Lipinski definition) is 0. The molecular formula is C27H28F6O. The zero-order valence-corrected chi connectivity index (χ0v) is 19.2.